The van der Waals surface area contributed by atoms with Gasteiger partial charge in [0.25, 0.3) is 0 Å². The number of thiocarbonyl (C=S) groups is 1. The van der Waals surface area contributed by atoms with Gasteiger partial charge in [-0.2, -0.15) is 0 Å². The molecular weight excluding hydrogens is 434 g/mol. The largest absolute Gasteiger partial charge is 0.427 e. The fourth-order valence-electron chi connectivity index (χ4n) is 2.97. The smallest absolute Gasteiger partial charge is 0.333 e. The molecule has 0 aromatic heterocycles. The zero-order valence-corrected chi connectivity index (χ0v) is 18.2. The average molecular weight is 456 g/mol. The number of hydrogen-bond donors (Lipinski definition) is 0. The molecule has 10 heteroatoms. The average Bonchev–Trinajstić information content (AvgIpc) is 2.59. The van der Waals surface area contributed by atoms with Crippen molar-refractivity contribution < 1.29 is 27.5 Å². The molecule has 2 fully saturated rings. The van der Waals surface area contributed by atoms with Crippen molar-refractivity contribution in [2.75, 3.05) is 6.79 Å². The lowest BCUT2D eigenvalue weighted by molar-refractivity contribution is -0.176. The Labute approximate surface area is 161 Å². The van der Waals surface area contributed by atoms with Crippen LogP contribution in [0.2, 0.25) is 0 Å². The minimum atomic E-state index is -3.68. The number of rotatable bonds is 3. The molecule has 2 aliphatic rings. The monoisotopic (exact) mass is 455 g/mol. The van der Waals surface area contributed by atoms with Crippen LogP contribution in [0.4, 0.5) is 0 Å². The first-order chi connectivity index (χ1) is 11.1. The van der Waals surface area contributed by atoms with Crippen LogP contribution in [-0.2, 0) is 28.9 Å². The van der Waals surface area contributed by atoms with Crippen molar-refractivity contribution in [2.45, 2.75) is 62.0 Å². The van der Waals surface area contributed by atoms with E-state index in [2.05, 4.69) is 15.9 Å². The number of esters is 2. The van der Waals surface area contributed by atoms with Gasteiger partial charge in [-0.05, 0) is 41.5 Å². The number of nitrogens with zero attached hydrogens (tertiary/aromatic N) is 1. The summed E-state index contributed by atoms with van der Waals surface area (Å²) in [6, 6.07) is -1.09. The standard InChI is InChI=1S/C15H22BrNO6S2/c1-13(2,3)12(19)23-7-22-9(18)8-14(4,5)25(20,21)11-15(6,16)10(24)17(8)11/h8,11H,7H2,1-6H3/t8-,11+,15-/m0/s1. The predicted octanol–water partition coefficient (Wildman–Crippen LogP) is 1.77. The lowest BCUT2D eigenvalue weighted by atomic mass is 9.93. The zero-order valence-electron chi connectivity index (χ0n) is 15.0. The van der Waals surface area contributed by atoms with Crippen LogP contribution in [0.25, 0.3) is 0 Å². The molecular formula is C15H22BrNO6S2. The number of hydrogen-bond acceptors (Lipinski definition) is 7. The van der Waals surface area contributed by atoms with Crippen molar-refractivity contribution in [3.8, 4) is 0 Å². The second-order valence-corrected chi connectivity index (χ2v) is 12.6. The van der Waals surface area contributed by atoms with E-state index < -0.39 is 54.5 Å². The van der Waals surface area contributed by atoms with E-state index in [-0.39, 0.29) is 0 Å². The summed E-state index contributed by atoms with van der Waals surface area (Å²) in [4.78, 5) is 26.0. The quantitative estimate of drug-likeness (QED) is 0.275. The van der Waals surface area contributed by atoms with E-state index in [0.29, 0.717) is 4.99 Å². The van der Waals surface area contributed by atoms with Gasteiger partial charge in [-0.1, -0.05) is 28.1 Å². The zero-order chi connectivity index (χ0) is 19.6. The first-order valence-corrected chi connectivity index (χ1v) is 10.4. The third kappa shape index (κ3) is 2.90. The molecule has 2 rings (SSSR count). The molecule has 0 aliphatic carbocycles. The van der Waals surface area contributed by atoms with Crippen LogP contribution >= 0.6 is 28.1 Å². The first kappa shape index (κ1) is 20.6. The Morgan fingerprint density at radius 1 is 1.24 bits per heavy atom. The second-order valence-electron chi connectivity index (χ2n) is 7.95. The van der Waals surface area contributed by atoms with Crippen LogP contribution in [-0.4, -0.2) is 57.5 Å². The predicted molar refractivity (Wildman–Crippen MR) is 98.8 cm³/mol. The summed E-state index contributed by atoms with van der Waals surface area (Å²) in [5, 5.41) is -0.933. The van der Waals surface area contributed by atoms with Gasteiger partial charge in [0.2, 0.25) is 6.79 Å². The number of carbonyl (C=O) groups is 2. The summed E-state index contributed by atoms with van der Waals surface area (Å²) in [5.41, 5.74) is -0.732. The highest BCUT2D eigenvalue weighted by molar-refractivity contribution is 9.10. The van der Waals surface area contributed by atoms with Crippen LogP contribution < -0.4 is 0 Å². The lowest BCUT2D eigenvalue weighted by Crippen LogP contribution is -2.70. The molecule has 0 unspecified atom stereocenters. The Morgan fingerprint density at radius 2 is 1.76 bits per heavy atom. The molecule has 142 valence electrons. The number of ether oxygens (including phenoxy) is 2. The minimum Gasteiger partial charge on any atom is -0.427 e. The van der Waals surface area contributed by atoms with Gasteiger partial charge in [-0.25, -0.2) is 13.2 Å². The number of carbonyl (C=O) groups excluding carboxylic acids is 2. The highest BCUT2D eigenvalue weighted by atomic mass is 79.9. The van der Waals surface area contributed by atoms with Gasteiger partial charge in [0.1, 0.15) is 10.4 Å². The van der Waals surface area contributed by atoms with Crippen LogP contribution in [0.3, 0.4) is 0 Å². The van der Waals surface area contributed by atoms with Gasteiger partial charge in [-0.3, -0.25) is 4.79 Å². The van der Waals surface area contributed by atoms with E-state index in [9.17, 15) is 18.0 Å². The minimum absolute atomic E-state index is 0.334. The highest BCUT2D eigenvalue weighted by Crippen LogP contribution is 2.54. The van der Waals surface area contributed by atoms with Gasteiger partial charge in [0.05, 0.1) is 15.2 Å². The number of sulfone groups is 1. The fraction of sp³-hybridized carbons (Fsp3) is 0.800. The van der Waals surface area contributed by atoms with Crippen molar-refractivity contribution in [1.82, 2.24) is 4.90 Å². The van der Waals surface area contributed by atoms with E-state index in [4.69, 9.17) is 21.7 Å². The molecule has 0 aromatic carbocycles. The molecule has 0 bridgehead atoms. The molecule has 0 amide bonds. The molecule has 0 radical (unpaired) electrons. The Balaban J connectivity index is 2.17. The lowest BCUT2D eigenvalue weighted by Gasteiger charge is -2.50. The summed E-state index contributed by atoms with van der Waals surface area (Å²) < 4.78 is 33.3. The third-order valence-electron chi connectivity index (χ3n) is 4.56. The molecule has 0 saturated carbocycles. The molecule has 2 saturated heterocycles. The molecule has 3 atom stereocenters. The highest BCUT2D eigenvalue weighted by Gasteiger charge is 2.74. The van der Waals surface area contributed by atoms with E-state index in [1.165, 1.54) is 18.7 Å². The van der Waals surface area contributed by atoms with Crippen LogP contribution in [0.5, 0.6) is 0 Å². The Hall–Kier alpha value is -0.740. The van der Waals surface area contributed by atoms with Crippen molar-refractivity contribution >= 4 is 54.9 Å². The normalized spacial score (nSPS) is 32.6. The van der Waals surface area contributed by atoms with E-state index in [1.54, 1.807) is 27.7 Å². The Bertz CT molecular complexity index is 738. The van der Waals surface area contributed by atoms with Gasteiger partial charge >= 0.3 is 11.9 Å². The maximum Gasteiger partial charge on any atom is 0.333 e. The molecule has 0 N–H and O–H groups in total. The summed E-state index contributed by atoms with van der Waals surface area (Å²) in [7, 11) is -3.68. The summed E-state index contributed by atoms with van der Waals surface area (Å²) in [6.07, 6.45) is 0. The Morgan fingerprint density at radius 3 is 2.24 bits per heavy atom. The van der Waals surface area contributed by atoms with Gasteiger partial charge in [0.15, 0.2) is 15.2 Å². The van der Waals surface area contributed by atoms with Gasteiger partial charge in [0, 0.05) is 0 Å². The number of fused-ring (bicyclic) bond motifs is 1. The molecule has 0 aromatic rings. The van der Waals surface area contributed by atoms with E-state index in [0.717, 1.165) is 0 Å². The van der Waals surface area contributed by atoms with Gasteiger partial charge < -0.3 is 14.4 Å². The number of alkyl halides is 1. The van der Waals surface area contributed by atoms with Crippen LogP contribution in [0, 0.1) is 5.41 Å². The van der Waals surface area contributed by atoms with Crippen molar-refractivity contribution in [2.24, 2.45) is 5.41 Å². The number of halogens is 1. The molecule has 2 heterocycles. The molecule has 7 nitrogen and oxygen atoms in total. The second kappa shape index (κ2) is 5.88. The van der Waals surface area contributed by atoms with Crippen LogP contribution in [0.15, 0.2) is 0 Å². The maximum absolute atomic E-state index is 12.8. The topological polar surface area (TPSA) is 90.0 Å². The summed E-state index contributed by atoms with van der Waals surface area (Å²) in [5.74, 6) is -1.31. The first-order valence-electron chi connectivity index (χ1n) is 7.67. The van der Waals surface area contributed by atoms with Crippen molar-refractivity contribution in [1.29, 1.82) is 0 Å². The third-order valence-corrected chi connectivity index (χ3v) is 9.55. The van der Waals surface area contributed by atoms with Crippen molar-refractivity contribution in [3.63, 3.8) is 0 Å². The van der Waals surface area contributed by atoms with Crippen molar-refractivity contribution in [3.05, 3.63) is 0 Å². The fourth-order valence-corrected chi connectivity index (χ4v) is 6.91. The van der Waals surface area contributed by atoms with Gasteiger partial charge in [-0.15, -0.1) is 0 Å². The Kier molecular flexibility index (Phi) is 4.84. The SMILES string of the molecule is CC(C)(C)C(=O)OCOC(=O)[C@@H]1N2C(=S)[C@](C)(Br)[C@H]2S(=O)(=O)C1(C)C. The summed E-state index contributed by atoms with van der Waals surface area (Å²) >= 11 is 8.63. The molecule has 25 heavy (non-hydrogen) atoms. The molecule has 2 aliphatic heterocycles. The maximum atomic E-state index is 12.8. The van der Waals surface area contributed by atoms with Crippen LogP contribution in [0.1, 0.15) is 41.5 Å². The summed E-state index contributed by atoms with van der Waals surface area (Å²) in [6.45, 7) is 9.05. The van der Waals surface area contributed by atoms with E-state index in [1.807, 2.05) is 0 Å². The molecule has 0 spiro atoms. The van der Waals surface area contributed by atoms with E-state index >= 15 is 0 Å².